The third-order valence-corrected chi connectivity index (χ3v) is 5.81. The number of carboxylic acids is 1. The van der Waals surface area contributed by atoms with Crippen LogP contribution in [0.4, 0.5) is 0 Å². The summed E-state index contributed by atoms with van der Waals surface area (Å²) in [5.41, 5.74) is 1.38. The van der Waals surface area contributed by atoms with Crippen molar-refractivity contribution in [1.82, 2.24) is 10.6 Å². The fourth-order valence-corrected chi connectivity index (χ4v) is 3.49. The second kappa shape index (κ2) is 42.8. The molecule has 4 N–H and O–H groups in total. The Hall–Kier alpha value is -1.63. The molecule has 1 heterocycles. The normalized spacial score (nSPS) is 11.8. The molecule has 1 aromatic carbocycles. The average Bonchev–Trinajstić information content (AvgIpc) is 3.58. The maximum absolute atomic E-state index is 10.0. The first-order chi connectivity index (χ1) is 19.9. The fraction of sp³-hybridized carbons (Fsp3) is 0.800. The van der Waals surface area contributed by atoms with Crippen molar-refractivity contribution in [3.63, 3.8) is 0 Å². The zero-order valence-corrected chi connectivity index (χ0v) is 28.8. The van der Waals surface area contributed by atoms with Crippen LogP contribution in [-0.4, -0.2) is 49.7 Å². The van der Waals surface area contributed by atoms with E-state index in [4.69, 9.17) is 14.9 Å². The smallest absolute Gasteiger partial charge is 0.303 e. The van der Waals surface area contributed by atoms with Crippen LogP contribution in [0.5, 0.6) is 5.75 Å². The van der Waals surface area contributed by atoms with Crippen LogP contribution in [0.15, 0.2) is 24.3 Å². The summed E-state index contributed by atoms with van der Waals surface area (Å²) in [6, 6.07) is 8.24. The molecule has 0 spiro atoms. The summed E-state index contributed by atoms with van der Waals surface area (Å²) in [5, 5.41) is 23.3. The van der Waals surface area contributed by atoms with E-state index in [1.165, 1.54) is 82.9 Å². The maximum atomic E-state index is 10.0. The summed E-state index contributed by atoms with van der Waals surface area (Å²) < 4.78 is 5.05. The minimum Gasteiger partial charge on any atom is -0.497 e. The predicted molar refractivity (Wildman–Crippen MR) is 181 cm³/mol. The van der Waals surface area contributed by atoms with Crippen molar-refractivity contribution < 1.29 is 19.7 Å². The number of carboxylic acid groups (broad SMARTS) is 1. The van der Waals surface area contributed by atoms with Crippen molar-refractivity contribution in [3.05, 3.63) is 29.8 Å². The van der Waals surface area contributed by atoms with Crippen molar-refractivity contribution in [2.45, 2.75) is 157 Å². The third kappa shape index (κ3) is 45.6. The summed E-state index contributed by atoms with van der Waals surface area (Å²) in [6.07, 6.45) is 17.8. The number of methoxy groups -OCH3 is 1. The topological polar surface area (TPSA) is 90.8 Å². The summed E-state index contributed by atoms with van der Waals surface area (Å²) in [5.74, 6) is 0.265. The van der Waals surface area contributed by atoms with E-state index in [1.807, 2.05) is 26.0 Å². The standard InChI is InChI=1S/C10H14O.C8H19NO.C8H16O2.C4H9N.C3H8.C2H6/c1-3-4-9-5-7-10(11-2)8-6-9;1-3-4-5-6-7-8(10)9-2;1-2-3-4-5-6-7-8(9)10;1-2-4-5-3-1;1-3-2;1-2/h5-8H,3-4H2,1-2H3;8-10H,3-7H2,1-2H3;2-7H2,1H3,(H,9,10);5H,1-4H2;3H2,1-2H3;1-2H3. The third-order valence-electron chi connectivity index (χ3n) is 5.81. The van der Waals surface area contributed by atoms with E-state index >= 15 is 0 Å². The SMILES string of the molecule is C1CCNC1.CC.CCC.CCCCCCC(O)NC.CCCCCCCC(=O)O.CCCc1ccc(OC)cc1. The maximum Gasteiger partial charge on any atom is 0.303 e. The molecule has 246 valence electrons. The lowest BCUT2D eigenvalue weighted by molar-refractivity contribution is -0.137. The zero-order chi connectivity index (χ0) is 32.0. The van der Waals surface area contributed by atoms with E-state index in [1.54, 1.807) is 14.2 Å². The Bertz CT molecular complexity index is 570. The number of nitrogens with one attached hydrogen (secondary N) is 2. The van der Waals surface area contributed by atoms with Gasteiger partial charge in [0.15, 0.2) is 0 Å². The molecular formula is C35H72N2O4. The summed E-state index contributed by atoms with van der Waals surface area (Å²) in [7, 11) is 3.47. The highest BCUT2D eigenvalue weighted by molar-refractivity contribution is 5.66. The van der Waals surface area contributed by atoms with E-state index in [2.05, 4.69) is 57.4 Å². The Balaban J connectivity index is -0.000000215. The molecule has 0 aliphatic carbocycles. The van der Waals surface area contributed by atoms with E-state index in [0.717, 1.165) is 37.9 Å². The van der Waals surface area contributed by atoms with Crippen molar-refractivity contribution >= 4 is 5.97 Å². The molecule has 0 aromatic heterocycles. The molecule has 1 saturated heterocycles. The van der Waals surface area contributed by atoms with Gasteiger partial charge in [-0.3, -0.25) is 10.1 Å². The number of aliphatic hydroxyl groups is 1. The van der Waals surface area contributed by atoms with E-state index in [9.17, 15) is 4.79 Å². The number of hydrogen-bond acceptors (Lipinski definition) is 5. The number of aliphatic hydroxyl groups excluding tert-OH is 1. The van der Waals surface area contributed by atoms with Crippen molar-refractivity contribution in [3.8, 4) is 5.75 Å². The molecule has 6 nitrogen and oxygen atoms in total. The van der Waals surface area contributed by atoms with Crippen LogP contribution in [0.25, 0.3) is 0 Å². The average molecular weight is 585 g/mol. The summed E-state index contributed by atoms with van der Waals surface area (Å²) in [6.45, 7) is 17.3. The molecule has 1 aliphatic heterocycles. The Morgan fingerprint density at radius 3 is 1.71 bits per heavy atom. The van der Waals surface area contributed by atoms with Gasteiger partial charge in [-0.2, -0.15) is 0 Å². The molecule has 41 heavy (non-hydrogen) atoms. The van der Waals surface area contributed by atoms with Gasteiger partial charge >= 0.3 is 5.97 Å². The van der Waals surface area contributed by atoms with Crippen LogP contribution in [0.2, 0.25) is 0 Å². The molecule has 2 rings (SSSR count). The Morgan fingerprint density at radius 2 is 1.34 bits per heavy atom. The van der Waals surface area contributed by atoms with Gasteiger partial charge in [0.05, 0.1) is 7.11 Å². The second-order valence-electron chi connectivity index (χ2n) is 9.97. The number of aliphatic carboxylic acids is 1. The van der Waals surface area contributed by atoms with Crippen LogP contribution in [0, 0.1) is 0 Å². The van der Waals surface area contributed by atoms with Crippen molar-refractivity contribution in [1.29, 1.82) is 0 Å². The molecule has 6 heteroatoms. The van der Waals surface area contributed by atoms with Crippen LogP contribution < -0.4 is 15.4 Å². The van der Waals surface area contributed by atoms with Gasteiger partial charge in [-0.25, -0.2) is 0 Å². The fourth-order valence-electron chi connectivity index (χ4n) is 3.49. The predicted octanol–water partition coefficient (Wildman–Crippen LogP) is 9.39. The number of ether oxygens (including phenoxy) is 1. The summed E-state index contributed by atoms with van der Waals surface area (Å²) in [4.78, 5) is 10.0. The van der Waals surface area contributed by atoms with Gasteiger partial charge in [0.2, 0.25) is 0 Å². The van der Waals surface area contributed by atoms with Gasteiger partial charge in [-0.05, 0) is 76.4 Å². The van der Waals surface area contributed by atoms with Crippen LogP contribution >= 0.6 is 0 Å². The van der Waals surface area contributed by atoms with Gasteiger partial charge in [0, 0.05) is 6.42 Å². The van der Waals surface area contributed by atoms with Crippen molar-refractivity contribution in [2.24, 2.45) is 0 Å². The van der Waals surface area contributed by atoms with Gasteiger partial charge < -0.3 is 20.3 Å². The van der Waals surface area contributed by atoms with Gasteiger partial charge in [0.1, 0.15) is 12.0 Å². The van der Waals surface area contributed by atoms with Crippen LogP contribution in [0.1, 0.15) is 150 Å². The van der Waals surface area contributed by atoms with E-state index in [0.29, 0.717) is 6.42 Å². The summed E-state index contributed by atoms with van der Waals surface area (Å²) >= 11 is 0. The van der Waals surface area contributed by atoms with Gasteiger partial charge in [-0.15, -0.1) is 0 Å². The first kappa shape index (κ1) is 46.3. The zero-order valence-electron chi connectivity index (χ0n) is 28.8. The first-order valence-corrected chi connectivity index (χ1v) is 16.8. The molecule has 1 atom stereocenters. The molecule has 0 saturated carbocycles. The molecule has 1 fully saturated rings. The molecular weight excluding hydrogens is 512 g/mol. The number of unbranched alkanes of at least 4 members (excludes halogenated alkanes) is 7. The molecule has 0 radical (unpaired) electrons. The van der Waals surface area contributed by atoms with Crippen molar-refractivity contribution in [2.75, 3.05) is 27.2 Å². The van der Waals surface area contributed by atoms with E-state index < -0.39 is 5.97 Å². The Kier molecular flexibility index (Phi) is 48.4. The number of carbonyl (C=O) groups is 1. The quantitative estimate of drug-likeness (QED) is 0.121. The molecule has 1 aromatic rings. The monoisotopic (exact) mass is 585 g/mol. The van der Waals surface area contributed by atoms with Crippen LogP contribution in [0.3, 0.4) is 0 Å². The highest BCUT2D eigenvalue weighted by Gasteiger charge is 1.97. The number of hydrogen-bond donors (Lipinski definition) is 4. The Labute approximate surface area is 256 Å². The first-order valence-electron chi connectivity index (χ1n) is 16.8. The number of aryl methyl sites for hydroxylation is 1. The van der Waals surface area contributed by atoms with E-state index in [-0.39, 0.29) is 6.23 Å². The minimum atomic E-state index is -0.670. The molecule has 1 unspecified atom stereocenters. The Morgan fingerprint density at radius 1 is 0.854 bits per heavy atom. The molecule has 1 aliphatic rings. The minimum absolute atomic E-state index is 0.295. The molecule has 0 bridgehead atoms. The highest BCUT2D eigenvalue weighted by atomic mass is 16.5. The second-order valence-corrected chi connectivity index (χ2v) is 9.97. The lowest BCUT2D eigenvalue weighted by atomic mass is 10.1. The largest absolute Gasteiger partial charge is 0.497 e. The molecule has 0 amide bonds. The lowest BCUT2D eigenvalue weighted by Gasteiger charge is -2.07. The van der Waals surface area contributed by atoms with Gasteiger partial charge in [-0.1, -0.05) is 118 Å². The number of rotatable bonds is 15. The van der Waals surface area contributed by atoms with Gasteiger partial charge in [0.25, 0.3) is 0 Å². The number of benzene rings is 1. The highest BCUT2D eigenvalue weighted by Crippen LogP contribution is 2.12. The lowest BCUT2D eigenvalue weighted by Crippen LogP contribution is -2.23. The van der Waals surface area contributed by atoms with Crippen LogP contribution in [-0.2, 0) is 11.2 Å².